The Labute approximate surface area is 175 Å². The van der Waals surface area contributed by atoms with Crippen molar-refractivity contribution in [3.05, 3.63) is 39.6 Å². The van der Waals surface area contributed by atoms with Crippen LogP contribution >= 0.6 is 23.2 Å². The summed E-state index contributed by atoms with van der Waals surface area (Å²) < 4.78 is 18.0. The summed E-state index contributed by atoms with van der Waals surface area (Å²) in [5.41, 5.74) is 1.83. The molecule has 0 bridgehead atoms. The topological polar surface area (TPSA) is 69.0 Å². The molecule has 0 aliphatic rings. The molecule has 154 valence electrons. The van der Waals surface area contributed by atoms with Crippen molar-refractivity contribution >= 4 is 29.2 Å². The molecule has 1 aromatic heterocycles. The lowest BCUT2D eigenvalue weighted by Crippen LogP contribution is -2.37. The molecule has 0 aliphatic heterocycles. The van der Waals surface area contributed by atoms with Crippen LogP contribution in [0.2, 0.25) is 10.2 Å². The van der Waals surface area contributed by atoms with Crippen molar-refractivity contribution in [2.45, 2.75) is 20.0 Å². The minimum Gasteiger partial charge on any atom is -0.496 e. The van der Waals surface area contributed by atoms with E-state index in [1.807, 2.05) is 30.7 Å². The van der Waals surface area contributed by atoms with Crippen molar-refractivity contribution in [1.29, 1.82) is 0 Å². The molecular formula is C19H26Cl2N4O3. The predicted octanol–water partition coefficient (Wildman–Crippen LogP) is 3.61. The number of benzene rings is 1. The second kappa shape index (κ2) is 10.3. The van der Waals surface area contributed by atoms with E-state index < -0.39 is 0 Å². The largest absolute Gasteiger partial charge is 0.496 e. The summed E-state index contributed by atoms with van der Waals surface area (Å²) in [6, 6.07) is 5.48. The van der Waals surface area contributed by atoms with Crippen molar-refractivity contribution in [2.24, 2.45) is 12.0 Å². The summed E-state index contributed by atoms with van der Waals surface area (Å²) in [6.45, 7) is 3.65. The van der Waals surface area contributed by atoms with Gasteiger partial charge in [-0.1, -0.05) is 23.2 Å². The first kappa shape index (κ1) is 22.0. The number of halogens is 2. The highest BCUT2D eigenvalue weighted by atomic mass is 35.5. The zero-order valence-corrected chi connectivity index (χ0v) is 18.2. The molecule has 0 saturated carbocycles. The van der Waals surface area contributed by atoms with Gasteiger partial charge in [-0.05, 0) is 19.1 Å². The Balaban J connectivity index is 2.18. The van der Waals surface area contributed by atoms with Crippen LogP contribution in [0.25, 0.3) is 0 Å². The van der Waals surface area contributed by atoms with E-state index in [0.29, 0.717) is 46.5 Å². The van der Waals surface area contributed by atoms with Gasteiger partial charge in [0.15, 0.2) is 17.5 Å². The predicted molar refractivity (Wildman–Crippen MR) is 113 cm³/mol. The van der Waals surface area contributed by atoms with Crippen LogP contribution in [0.15, 0.2) is 23.2 Å². The maximum atomic E-state index is 6.12. The Morgan fingerprint density at radius 3 is 2.18 bits per heavy atom. The Bertz CT molecular complexity index is 837. The van der Waals surface area contributed by atoms with Crippen LogP contribution in [-0.2, 0) is 20.1 Å². The van der Waals surface area contributed by atoms with Crippen LogP contribution in [0.3, 0.4) is 0 Å². The zero-order valence-electron chi connectivity index (χ0n) is 16.7. The number of ether oxygens (including phenoxy) is 3. The van der Waals surface area contributed by atoms with Crippen molar-refractivity contribution < 1.29 is 14.2 Å². The molecule has 0 spiro atoms. The molecule has 1 heterocycles. The molecule has 0 amide bonds. The van der Waals surface area contributed by atoms with Crippen LogP contribution in [0, 0.1) is 0 Å². The van der Waals surface area contributed by atoms with Crippen LogP contribution in [0.5, 0.6) is 17.2 Å². The van der Waals surface area contributed by atoms with E-state index in [-0.39, 0.29) is 0 Å². The lowest BCUT2D eigenvalue weighted by Gasteiger charge is -2.15. The number of nitrogens with one attached hydrogen (secondary N) is 2. The summed E-state index contributed by atoms with van der Waals surface area (Å²) in [5.74, 6) is 2.57. The van der Waals surface area contributed by atoms with Crippen LogP contribution in [0.4, 0.5) is 0 Å². The van der Waals surface area contributed by atoms with Gasteiger partial charge in [0.25, 0.3) is 0 Å². The van der Waals surface area contributed by atoms with Crippen LogP contribution in [0.1, 0.15) is 18.2 Å². The molecule has 2 rings (SSSR count). The minimum atomic E-state index is 0.396. The van der Waals surface area contributed by atoms with Gasteiger partial charge in [-0.15, -0.1) is 0 Å². The molecule has 7 nitrogen and oxygen atoms in total. The molecule has 9 heteroatoms. The smallest absolute Gasteiger partial charge is 0.191 e. The maximum Gasteiger partial charge on any atom is 0.191 e. The van der Waals surface area contributed by atoms with Gasteiger partial charge in [0.2, 0.25) is 0 Å². The summed E-state index contributed by atoms with van der Waals surface area (Å²) in [6.07, 6.45) is 0. The highest BCUT2D eigenvalue weighted by molar-refractivity contribution is 6.41. The highest BCUT2D eigenvalue weighted by Gasteiger charge is 2.12. The third kappa shape index (κ3) is 5.17. The average molecular weight is 429 g/mol. The first-order chi connectivity index (χ1) is 13.4. The fraction of sp³-hybridized carbons (Fsp3) is 0.421. The second-order valence-corrected chi connectivity index (χ2v) is 6.67. The Hall–Kier alpha value is -2.25. The molecule has 0 radical (unpaired) electrons. The molecule has 0 aliphatic carbocycles. The Morgan fingerprint density at radius 2 is 1.64 bits per heavy atom. The molecule has 0 unspecified atom stereocenters. The monoisotopic (exact) mass is 428 g/mol. The lowest BCUT2D eigenvalue weighted by atomic mass is 10.1. The summed E-state index contributed by atoms with van der Waals surface area (Å²) in [5, 5.41) is 7.54. The van der Waals surface area contributed by atoms with Crippen molar-refractivity contribution in [3.63, 3.8) is 0 Å². The number of aliphatic imine (C=N–C) groups is 1. The van der Waals surface area contributed by atoms with E-state index in [1.165, 1.54) is 0 Å². The number of aromatic nitrogens is 1. The molecule has 28 heavy (non-hydrogen) atoms. The van der Waals surface area contributed by atoms with Crippen molar-refractivity contribution in [1.82, 2.24) is 15.2 Å². The van der Waals surface area contributed by atoms with E-state index in [1.54, 1.807) is 27.4 Å². The van der Waals surface area contributed by atoms with Gasteiger partial charge in [-0.2, -0.15) is 0 Å². The van der Waals surface area contributed by atoms with Gasteiger partial charge in [0.05, 0.1) is 39.4 Å². The third-order valence-corrected chi connectivity index (χ3v) is 5.03. The molecule has 1 aromatic carbocycles. The lowest BCUT2D eigenvalue weighted by molar-refractivity contribution is 0.347. The summed E-state index contributed by atoms with van der Waals surface area (Å²) in [4.78, 5) is 4.64. The van der Waals surface area contributed by atoms with E-state index in [0.717, 1.165) is 17.8 Å². The number of guanidine groups is 1. The maximum absolute atomic E-state index is 6.12. The van der Waals surface area contributed by atoms with Crippen molar-refractivity contribution in [2.75, 3.05) is 27.9 Å². The Morgan fingerprint density at radius 1 is 1.00 bits per heavy atom. The van der Waals surface area contributed by atoms with Gasteiger partial charge in [-0.25, -0.2) is 4.99 Å². The number of hydrogen-bond donors (Lipinski definition) is 2. The number of hydrogen-bond acceptors (Lipinski definition) is 4. The zero-order chi connectivity index (χ0) is 20.7. The number of methoxy groups -OCH3 is 3. The summed E-state index contributed by atoms with van der Waals surface area (Å²) >= 11 is 12.2. The van der Waals surface area contributed by atoms with Crippen LogP contribution in [-0.4, -0.2) is 38.4 Å². The first-order valence-electron chi connectivity index (χ1n) is 8.75. The fourth-order valence-corrected chi connectivity index (χ4v) is 3.07. The molecule has 2 N–H and O–H groups in total. The van der Waals surface area contributed by atoms with E-state index in [9.17, 15) is 0 Å². The number of rotatable bonds is 8. The first-order valence-corrected chi connectivity index (χ1v) is 9.51. The minimum absolute atomic E-state index is 0.396. The molecular weight excluding hydrogens is 403 g/mol. The normalized spacial score (nSPS) is 11.3. The van der Waals surface area contributed by atoms with Crippen molar-refractivity contribution in [3.8, 4) is 17.2 Å². The van der Waals surface area contributed by atoms with Crippen LogP contribution < -0.4 is 24.8 Å². The quantitative estimate of drug-likeness (QED) is 0.496. The SMILES string of the molecule is CCNC(=NCc1cc(OC)c(OC)cc1OC)NCc1cc(Cl)c(Cl)n1C. The fourth-order valence-electron chi connectivity index (χ4n) is 2.65. The van der Waals surface area contributed by atoms with Gasteiger partial charge in [0, 0.05) is 30.9 Å². The van der Waals surface area contributed by atoms with E-state index in [2.05, 4.69) is 15.6 Å². The molecule has 0 saturated heterocycles. The summed E-state index contributed by atoms with van der Waals surface area (Å²) in [7, 11) is 6.66. The second-order valence-electron chi connectivity index (χ2n) is 5.90. The number of nitrogens with zero attached hydrogens (tertiary/aromatic N) is 2. The van der Waals surface area contributed by atoms with Gasteiger partial charge >= 0.3 is 0 Å². The van der Waals surface area contributed by atoms with Gasteiger partial charge in [0.1, 0.15) is 10.9 Å². The van der Waals surface area contributed by atoms with E-state index in [4.69, 9.17) is 37.4 Å². The Kier molecular flexibility index (Phi) is 8.14. The molecule has 0 atom stereocenters. The highest BCUT2D eigenvalue weighted by Crippen LogP contribution is 2.34. The standard InChI is InChI=1S/C19H26Cl2N4O3/c1-6-22-19(24-11-13-8-14(20)18(21)25(13)2)23-10-12-7-16(27-4)17(28-5)9-15(12)26-3/h7-9H,6,10-11H2,1-5H3,(H2,22,23,24). The van der Waals surface area contributed by atoms with Gasteiger partial charge in [-0.3, -0.25) is 0 Å². The average Bonchev–Trinajstić information content (AvgIpc) is 2.95. The molecule has 2 aromatic rings. The van der Waals surface area contributed by atoms with Gasteiger partial charge < -0.3 is 29.4 Å². The van der Waals surface area contributed by atoms with E-state index >= 15 is 0 Å². The molecule has 0 fully saturated rings. The third-order valence-electron chi connectivity index (χ3n) is 4.19.